The SMILES string of the molecule is CC(C)(C)C.Cc1nc(NC2CCCCCC2)cc(N2CCC(O)CC2)n1. The van der Waals surface area contributed by atoms with Gasteiger partial charge in [0.1, 0.15) is 17.5 Å². The van der Waals surface area contributed by atoms with Gasteiger partial charge in [-0.2, -0.15) is 0 Å². The van der Waals surface area contributed by atoms with Crippen molar-refractivity contribution in [1.82, 2.24) is 9.97 Å². The standard InChI is InChI=1S/C17H28N4O.C5H12/c1-13-18-16(20-14-6-4-2-3-5-7-14)12-17(19-13)21-10-8-15(22)9-11-21;1-5(2,3)4/h12,14-15,22H,2-11H2,1H3,(H,18,19,20);1-4H3. The minimum atomic E-state index is -0.150. The summed E-state index contributed by atoms with van der Waals surface area (Å²) in [7, 11) is 0. The number of aromatic nitrogens is 2. The van der Waals surface area contributed by atoms with E-state index in [4.69, 9.17) is 0 Å². The van der Waals surface area contributed by atoms with Crippen LogP contribution in [0, 0.1) is 12.3 Å². The Morgan fingerprint density at radius 2 is 1.52 bits per heavy atom. The Kier molecular flexibility index (Phi) is 8.33. The number of piperidine rings is 1. The van der Waals surface area contributed by atoms with Crippen LogP contribution in [0.15, 0.2) is 6.07 Å². The molecule has 27 heavy (non-hydrogen) atoms. The van der Waals surface area contributed by atoms with Crippen molar-refractivity contribution in [3.63, 3.8) is 0 Å². The summed E-state index contributed by atoms with van der Waals surface area (Å²) in [6, 6.07) is 2.63. The summed E-state index contributed by atoms with van der Waals surface area (Å²) in [5, 5.41) is 13.3. The van der Waals surface area contributed by atoms with Crippen LogP contribution >= 0.6 is 0 Å². The zero-order chi connectivity index (χ0) is 19.9. The van der Waals surface area contributed by atoms with Gasteiger partial charge < -0.3 is 15.3 Å². The molecule has 0 spiro atoms. The molecule has 0 unspecified atom stereocenters. The molecule has 0 aromatic carbocycles. The van der Waals surface area contributed by atoms with Crippen molar-refractivity contribution in [2.24, 2.45) is 5.41 Å². The third kappa shape index (κ3) is 8.91. The second-order valence-corrected chi connectivity index (χ2v) is 9.71. The lowest BCUT2D eigenvalue weighted by atomic mass is 10.0. The van der Waals surface area contributed by atoms with Crippen molar-refractivity contribution >= 4 is 11.6 Å². The van der Waals surface area contributed by atoms with Crippen LogP contribution in [0.25, 0.3) is 0 Å². The third-order valence-corrected chi connectivity index (χ3v) is 4.82. The molecule has 1 saturated heterocycles. The predicted molar refractivity (Wildman–Crippen MR) is 114 cm³/mol. The molecule has 5 nitrogen and oxygen atoms in total. The number of anilines is 2. The number of nitrogens with one attached hydrogen (secondary N) is 1. The molecule has 2 aliphatic rings. The zero-order valence-electron chi connectivity index (χ0n) is 18.1. The maximum Gasteiger partial charge on any atom is 0.134 e. The third-order valence-electron chi connectivity index (χ3n) is 4.82. The fourth-order valence-corrected chi connectivity index (χ4v) is 3.52. The molecule has 0 amide bonds. The summed E-state index contributed by atoms with van der Waals surface area (Å²) in [5.74, 6) is 2.77. The molecule has 2 fully saturated rings. The summed E-state index contributed by atoms with van der Waals surface area (Å²) in [6.45, 7) is 12.5. The first-order valence-corrected chi connectivity index (χ1v) is 10.8. The van der Waals surface area contributed by atoms with Crippen LogP contribution in [-0.2, 0) is 0 Å². The largest absolute Gasteiger partial charge is 0.393 e. The summed E-state index contributed by atoms with van der Waals surface area (Å²) < 4.78 is 0. The monoisotopic (exact) mass is 376 g/mol. The molecule has 0 radical (unpaired) electrons. The Bertz CT molecular complexity index is 548. The zero-order valence-corrected chi connectivity index (χ0v) is 18.1. The van der Waals surface area contributed by atoms with Gasteiger partial charge in [0.05, 0.1) is 6.10 Å². The average Bonchev–Trinajstić information content (AvgIpc) is 2.82. The van der Waals surface area contributed by atoms with Gasteiger partial charge in [-0.15, -0.1) is 0 Å². The van der Waals surface area contributed by atoms with E-state index in [1.165, 1.54) is 38.5 Å². The summed E-state index contributed by atoms with van der Waals surface area (Å²) >= 11 is 0. The molecular formula is C22H40N4O. The number of nitrogens with zero attached hydrogens (tertiary/aromatic N) is 3. The van der Waals surface area contributed by atoms with Gasteiger partial charge in [0.25, 0.3) is 0 Å². The number of aryl methyl sites for hydroxylation is 1. The van der Waals surface area contributed by atoms with E-state index in [1.54, 1.807) is 0 Å². The number of aliphatic hydroxyl groups excluding tert-OH is 1. The Labute approximate surface area is 166 Å². The first kappa shape index (κ1) is 21.9. The van der Waals surface area contributed by atoms with Gasteiger partial charge in [0.2, 0.25) is 0 Å². The van der Waals surface area contributed by atoms with E-state index >= 15 is 0 Å². The highest BCUT2D eigenvalue weighted by Crippen LogP contribution is 2.24. The molecule has 154 valence electrons. The van der Waals surface area contributed by atoms with Crippen LogP contribution in [0.2, 0.25) is 0 Å². The van der Waals surface area contributed by atoms with Crippen LogP contribution in [0.5, 0.6) is 0 Å². The van der Waals surface area contributed by atoms with Crippen molar-refractivity contribution in [2.45, 2.75) is 98.1 Å². The Hall–Kier alpha value is -1.36. The first-order chi connectivity index (χ1) is 12.7. The van der Waals surface area contributed by atoms with E-state index in [-0.39, 0.29) is 6.10 Å². The van der Waals surface area contributed by atoms with Crippen LogP contribution in [0.3, 0.4) is 0 Å². The van der Waals surface area contributed by atoms with Gasteiger partial charge in [-0.25, -0.2) is 9.97 Å². The van der Waals surface area contributed by atoms with Crippen molar-refractivity contribution in [3.05, 3.63) is 11.9 Å². The molecule has 1 aromatic rings. The van der Waals surface area contributed by atoms with Crippen LogP contribution in [0.4, 0.5) is 11.6 Å². The fraction of sp³-hybridized carbons (Fsp3) is 0.818. The molecule has 1 aromatic heterocycles. The predicted octanol–water partition coefficient (Wildman–Crippen LogP) is 4.93. The van der Waals surface area contributed by atoms with Crippen molar-refractivity contribution in [3.8, 4) is 0 Å². The minimum Gasteiger partial charge on any atom is -0.393 e. The van der Waals surface area contributed by atoms with Crippen molar-refractivity contribution in [2.75, 3.05) is 23.3 Å². The second-order valence-electron chi connectivity index (χ2n) is 9.71. The smallest absolute Gasteiger partial charge is 0.134 e. The maximum absolute atomic E-state index is 9.65. The summed E-state index contributed by atoms with van der Waals surface area (Å²) in [5.41, 5.74) is 0.500. The highest BCUT2D eigenvalue weighted by Gasteiger charge is 2.20. The minimum absolute atomic E-state index is 0.150. The highest BCUT2D eigenvalue weighted by atomic mass is 16.3. The van der Waals surface area contributed by atoms with E-state index in [1.807, 2.05) is 6.92 Å². The Morgan fingerprint density at radius 3 is 2.07 bits per heavy atom. The van der Waals surface area contributed by atoms with Crippen molar-refractivity contribution in [1.29, 1.82) is 0 Å². The maximum atomic E-state index is 9.65. The van der Waals surface area contributed by atoms with E-state index in [0.29, 0.717) is 11.5 Å². The molecule has 3 rings (SSSR count). The summed E-state index contributed by atoms with van der Waals surface area (Å²) in [6.07, 6.45) is 9.36. The number of hydrogen-bond acceptors (Lipinski definition) is 5. The Morgan fingerprint density at radius 1 is 0.963 bits per heavy atom. The quantitative estimate of drug-likeness (QED) is 0.732. The molecule has 1 aliphatic carbocycles. The average molecular weight is 377 g/mol. The molecule has 0 bridgehead atoms. The normalized spacial score (nSPS) is 19.9. The molecule has 2 N–H and O–H groups in total. The lowest BCUT2D eigenvalue weighted by molar-refractivity contribution is 0.145. The molecular weight excluding hydrogens is 336 g/mol. The van der Waals surface area contributed by atoms with Gasteiger partial charge in [-0.1, -0.05) is 53.4 Å². The number of rotatable bonds is 3. The lowest BCUT2D eigenvalue weighted by Crippen LogP contribution is -2.36. The van der Waals surface area contributed by atoms with Crippen LogP contribution in [-0.4, -0.2) is 40.3 Å². The van der Waals surface area contributed by atoms with Gasteiger partial charge in [0, 0.05) is 25.2 Å². The first-order valence-electron chi connectivity index (χ1n) is 10.8. The van der Waals surface area contributed by atoms with Gasteiger partial charge in [-0.05, 0) is 38.0 Å². The van der Waals surface area contributed by atoms with Gasteiger partial charge in [-0.3, -0.25) is 0 Å². The lowest BCUT2D eigenvalue weighted by Gasteiger charge is -2.31. The molecule has 5 heteroatoms. The van der Waals surface area contributed by atoms with Crippen molar-refractivity contribution < 1.29 is 5.11 Å². The van der Waals surface area contributed by atoms with E-state index in [2.05, 4.69) is 53.9 Å². The van der Waals surface area contributed by atoms with Crippen LogP contribution < -0.4 is 10.2 Å². The van der Waals surface area contributed by atoms with E-state index < -0.39 is 0 Å². The summed E-state index contributed by atoms with van der Waals surface area (Å²) in [4.78, 5) is 11.4. The van der Waals surface area contributed by atoms with E-state index in [9.17, 15) is 5.11 Å². The molecule has 1 saturated carbocycles. The number of aliphatic hydroxyl groups is 1. The topological polar surface area (TPSA) is 61.3 Å². The number of hydrogen-bond donors (Lipinski definition) is 2. The van der Waals surface area contributed by atoms with E-state index in [0.717, 1.165) is 43.4 Å². The van der Waals surface area contributed by atoms with Gasteiger partial charge in [0.15, 0.2) is 0 Å². The van der Waals surface area contributed by atoms with Gasteiger partial charge >= 0.3 is 0 Å². The highest BCUT2D eigenvalue weighted by molar-refractivity contribution is 5.50. The molecule has 1 aliphatic heterocycles. The second kappa shape index (κ2) is 10.3. The molecule has 2 heterocycles. The Balaban J connectivity index is 0.000000465. The van der Waals surface area contributed by atoms with Crippen LogP contribution in [0.1, 0.15) is 84.9 Å². The fourth-order valence-electron chi connectivity index (χ4n) is 3.52. The molecule has 0 atom stereocenters.